The monoisotopic (exact) mass is 455 g/mol. The third kappa shape index (κ3) is 4.13. The lowest BCUT2D eigenvalue weighted by Gasteiger charge is -2.14. The fraction of sp³-hybridized carbons (Fsp3) is 0.192. The number of rotatable bonds is 5. The molecular weight excluding hydrogens is 430 g/mol. The number of anilines is 2. The minimum absolute atomic E-state index is 0.124. The van der Waals surface area contributed by atoms with Gasteiger partial charge in [-0.1, -0.05) is 68.4 Å². The quantitative estimate of drug-likeness (QED) is 0.361. The summed E-state index contributed by atoms with van der Waals surface area (Å²) < 4.78 is 0. The lowest BCUT2D eigenvalue weighted by Crippen LogP contribution is -2.26. The standard InChI is InChI=1S/C26H25N5OS/c1-14(2)16-9-11-18(12-10-16)20-19(13-27)24(29)31-26-21(20)22(28)23(33-26)25(32)30-15(3)17-7-5-4-6-8-17/h4-12,14-15H,28H2,1-3H3,(H2,29,31)(H,30,32). The molecule has 0 fully saturated rings. The van der Waals surface area contributed by atoms with Gasteiger partial charge in [0.2, 0.25) is 0 Å². The van der Waals surface area contributed by atoms with Gasteiger partial charge in [0, 0.05) is 10.9 Å². The molecule has 0 bridgehead atoms. The maximum Gasteiger partial charge on any atom is 0.264 e. The van der Waals surface area contributed by atoms with Crippen LogP contribution in [0.5, 0.6) is 0 Å². The van der Waals surface area contributed by atoms with Gasteiger partial charge in [-0.2, -0.15) is 5.26 Å². The first-order valence-electron chi connectivity index (χ1n) is 10.7. The molecule has 1 atom stereocenters. The summed E-state index contributed by atoms with van der Waals surface area (Å²) in [6.07, 6.45) is 0. The maximum absolute atomic E-state index is 13.1. The summed E-state index contributed by atoms with van der Waals surface area (Å²) in [5.41, 5.74) is 16.8. The Morgan fingerprint density at radius 2 is 1.70 bits per heavy atom. The number of benzene rings is 2. The first kappa shape index (κ1) is 22.3. The number of fused-ring (bicyclic) bond motifs is 1. The van der Waals surface area contributed by atoms with Crippen molar-refractivity contribution in [2.24, 2.45) is 0 Å². The van der Waals surface area contributed by atoms with Crippen LogP contribution in [0.4, 0.5) is 11.5 Å². The largest absolute Gasteiger partial charge is 0.397 e. The second-order valence-electron chi connectivity index (χ2n) is 8.27. The smallest absolute Gasteiger partial charge is 0.264 e. The van der Waals surface area contributed by atoms with Crippen LogP contribution in [0.2, 0.25) is 0 Å². The average Bonchev–Trinajstić information content (AvgIpc) is 3.14. The van der Waals surface area contributed by atoms with Crippen LogP contribution in [0.1, 0.15) is 59.1 Å². The van der Waals surface area contributed by atoms with Crippen LogP contribution in [-0.4, -0.2) is 10.9 Å². The van der Waals surface area contributed by atoms with Crippen LogP contribution in [0.25, 0.3) is 21.3 Å². The number of nitrogens with two attached hydrogens (primary N) is 2. The summed E-state index contributed by atoms with van der Waals surface area (Å²) in [5, 5.41) is 13.4. The number of aromatic nitrogens is 1. The Hall–Kier alpha value is -3.89. The van der Waals surface area contributed by atoms with Gasteiger partial charge >= 0.3 is 0 Å². The highest BCUT2D eigenvalue weighted by molar-refractivity contribution is 7.21. The second-order valence-corrected chi connectivity index (χ2v) is 9.27. The molecule has 2 aromatic heterocycles. The van der Waals surface area contributed by atoms with Crippen LogP contribution >= 0.6 is 11.3 Å². The van der Waals surface area contributed by atoms with Gasteiger partial charge in [-0.05, 0) is 29.5 Å². The number of nitrogen functional groups attached to an aromatic ring is 2. The van der Waals surface area contributed by atoms with Gasteiger partial charge in [0.25, 0.3) is 5.91 Å². The van der Waals surface area contributed by atoms with E-state index in [0.717, 1.165) is 11.1 Å². The van der Waals surface area contributed by atoms with Crippen molar-refractivity contribution in [2.75, 3.05) is 11.5 Å². The van der Waals surface area contributed by atoms with Gasteiger partial charge in [-0.25, -0.2) is 4.98 Å². The van der Waals surface area contributed by atoms with E-state index in [2.05, 4.69) is 30.2 Å². The number of nitrogens with zero attached hydrogens (tertiary/aromatic N) is 2. The van der Waals surface area contributed by atoms with Crippen molar-refractivity contribution in [1.82, 2.24) is 10.3 Å². The molecule has 0 saturated heterocycles. The molecule has 0 aliphatic rings. The summed E-state index contributed by atoms with van der Waals surface area (Å²) >= 11 is 1.18. The van der Waals surface area contributed by atoms with Crippen LogP contribution in [0.3, 0.4) is 0 Å². The zero-order valence-electron chi connectivity index (χ0n) is 18.7. The lowest BCUT2D eigenvalue weighted by atomic mass is 9.94. The van der Waals surface area contributed by atoms with E-state index in [1.807, 2.05) is 61.5 Å². The maximum atomic E-state index is 13.1. The predicted octanol–water partition coefficient (Wildman–Crippen LogP) is 5.61. The van der Waals surface area contributed by atoms with Gasteiger partial charge in [0.05, 0.1) is 11.7 Å². The average molecular weight is 456 g/mol. The number of nitriles is 1. The summed E-state index contributed by atoms with van der Waals surface area (Å²) in [5.74, 6) is 0.217. The van der Waals surface area contributed by atoms with Crippen molar-refractivity contribution in [3.63, 3.8) is 0 Å². The predicted molar refractivity (Wildman–Crippen MR) is 135 cm³/mol. The molecule has 0 radical (unpaired) electrons. The van der Waals surface area contributed by atoms with Crippen LogP contribution in [-0.2, 0) is 0 Å². The van der Waals surface area contributed by atoms with Gasteiger partial charge in [-0.15, -0.1) is 11.3 Å². The summed E-state index contributed by atoms with van der Waals surface area (Å²) in [6.45, 7) is 6.16. The zero-order chi connectivity index (χ0) is 23.7. The fourth-order valence-electron chi connectivity index (χ4n) is 3.86. The van der Waals surface area contributed by atoms with Crippen molar-refractivity contribution >= 4 is 39.0 Å². The molecule has 0 aliphatic heterocycles. The van der Waals surface area contributed by atoms with Crippen molar-refractivity contribution in [1.29, 1.82) is 5.26 Å². The SMILES string of the molecule is CC(C)c1ccc(-c2c(C#N)c(N)nc3sc(C(=O)NC(C)c4ccccc4)c(N)c23)cc1. The number of nitrogens with one attached hydrogen (secondary N) is 1. The van der Waals surface area contributed by atoms with E-state index in [9.17, 15) is 10.1 Å². The summed E-state index contributed by atoms with van der Waals surface area (Å²) in [4.78, 5) is 18.4. The number of hydrogen-bond donors (Lipinski definition) is 3. The molecule has 0 saturated carbocycles. The molecule has 1 amide bonds. The van der Waals surface area contributed by atoms with Crippen LogP contribution in [0.15, 0.2) is 54.6 Å². The molecule has 2 aromatic carbocycles. The Kier molecular flexibility index (Phi) is 6.03. The molecule has 1 unspecified atom stereocenters. The van der Waals surface area contributed by atoms with E-state index in [0.29, 0.717) is 32.3 Å². The van der Waals surface area contributed by atoms with Crippen LogP contribution in [0, 0.1) is 11.3 Å². The van der Waals surface area contributed by atoms with Crippen molar-refractivity contribution in [3.8, 4) is 17.2 Å². The Morgan fingerprint density at radius 1 is 1.03 bits per heavy atom. The second kappa shape index (κ2) is 8.93. The van der Waals surface area contributed by atoms with E-state index >= 15 is 0 Å². The number of hydrogen-bond acceptors (Lipinski definition) is 6. The number of carbonyl (C=O) groups is 1. The van der Waals surface area contributed by atoms with Gasteiger partial charge in [0.1, 0.15) is 27.2 Å². The number of thiophene rings is 1. The third-order valence-electron chi connectivity index (χ3n) is 5.74. The highest BCUT2D eigenvalue weighted by atomic mass is 32.1. The molecule has 166 valence electrons. The van der Waals surface area contributed by atoms with E-state index in [-0.39, 0.29) is 23.3 Å². The summed E-state index contributed by atoms with van der Waals surface area (Å²) in [7, 11) is 0. The normalized spacial score (nSPS) is 12.0. The molecule has 4 rings (SSSR count). The molecular formula is C26H25N5OS. The number of carbonyl (C=O) groups excluding carboxylic acids is 1. The van der Waals surface area contributed by atoms with Crippen LogP contribution < -0.4 is 16.8 Å². The first-order chi connectivity index (χ1) is 15.8. The Balaban J connectivity index is 1.82. The topological polar surface area (TPSA) is 118 Å². The molecule has 5 N–H and O–H groups in total. The molecule has 0 aliphatic carbocycles. The van der Waals surface area contributed by atoms with Gasteiger partial charge in [0.15, 0.2) is 0 Å². The Bertz CT molecular complexity index is 1370. The zero-order valence-corrected chi connectivity index (χ0v) is 19.5. The van der Waals surface area contributed by atoms with Crippen molar-refractivity contribution in [2.45, 2.75) is 32.7 Å². The molecule has 6 nitrogen and oxygen atoms in total. The first-order valence-corrected chi connectivity index (χ1v) is 11.5. The number of pyridine rings is 1. The van der Waals surface area contributed by atoms with E-state index in [1.165, 1.54) is 16.9 Å². The van der Waals surface area contributed by atoms with Crippen molar-refractivity contribution in [3.05, 3.63) is 76.2 Å². The fourth-order valence-corrected chi connectivity index (χ4v) is 4.88. The highest BCUT2D eigenvalue weighted by Crippen LogP contribution is 2.42. The minimum atomic E-state index is -0.287. The molecule has 0 spiro atoms. The lowest BCUT2D eigenvalue weighted by molar-refractivity contribution is 0.0945. The minimum Gasteiger partial charge on any atom is -0.397 e. The van der Waals surface area contributed by atoms with E-state index in [4.69, 9.17) is 11.5 Å². The molecule has 7 heteroatoms. The summed E-state index contributed by atoms with van der Waals surface area (Å²) in [6, 6.07) is 19.7. The van der Waals surface area contributed by atoms with Gasteiger partial charge < -0.3 is 16.8 Å². The Labute approximate surface area is 196 Å². The van der Waals surface area contributed by atoms with E-state index < -0.39 is 0 Å². The van der Waals surface area contributed by atoms with E-state index in [1.54, 1.807) is 0 Å². The Morgan fingerprint density at radius 3 is 2.30 bits per heavy atom. The van der Waals surface area contributed by atoms with Gasteiger partial charge in [-0.3, -0.25) is 4.79 Å². The van der Waals surface area contributed by atoms with Crippen molar-refractivity contribution < 1.29 is 4.79 Å². The third-order valence-corrected chi connectivity index (χ3v) is 6.83. The highest BCUT2D eigenvalue weighted by Gasteiger charge is 2.25. The number of amides is 1. The molecule has 2 heterocycles. The molecule has 4 aromatic rings. The molecule has 33 heavy (non-hydrogen) atoms.